The zero-order valence-electron chi connectivity index (χ0n) is 15.7. The molecule has 1 aliphatic heterocycles. The molecule has 1 spiro atoms. The molecule has 24 heavy (non-hydrogen) atoms. The van der Waals surface area contributed by atoms with Crippen molar-refractivity contribution < 1.29 is 9.53 Å². The molecule has 5 aliphatic rings. The summed E-state index contributed by atoms with van der Waals surface area (Å²) in [6, 6.07) is 0. The molecule has 0 aromatic rings. The van der Waals surface area contributed by atoms with Gasteiger partial charge in [0.05, 0.1) is 12.0 Å². The first-order valence-corrected chi connectivity index (χ1v) is 10.6. The number of carbonyl (C=O) groups is 1. The fraction of sp³-hybridized carbons (Fsp3) is 0.955. The van der Waals surface area contributed by atoms with Crippen LogP contribution in [0.1, 0.15) is 72.1 Å². The molecule has 134 valence electrons. The van der Waals surface area contributed by atoms with Crippen LogP contribution in [0.5, 0.6) is 0 Å². The Morgan fingerprint density at radius 3 is 2.67 bits per heavy atom. The highest BCUT2D eigenvalue weighted by molar-refractivity contribution is 5.80. The van der Waals surface area contributed by atoms with Crippen LogP contribution in [0.25, 0.3) is 0 Å². The Balaban J connectivity index is 1.53. The van der Waals surface area contributed by atoms with Crippen LogP contribution in [0.4, 0.5) is 0 Å². The molecule has 4 aliphatic carbocycles. The van der Waals surface area contributed by atoms with Crippen molar-refractivity contribution >= 4 is 5.97 Å². The van der Waals surface area contributed by atoms with Crippen LogP contribution in [-0.4, -0.2) is 12.6 Å². The Bertz CT molecular complexity index is 556. The fourth-order valence-electron chi connectivity index (χ4n) is 8.82. The van der Waals surface area contributed by atoms with E-state index in [4.69, 9.17) is 4.74 Å². The van der Waals surface area contributed by atoms with Crippen molar-refractivity contribution in [3.05, 3.63) is 0 Å². The monoisotopic (exact) mass is 330 g/mol. The molecule has 0 aromatic carbocycles. The third-order valence-electron chi connectivity index (χ3n) is 9.67. The van der Waals surface area contributed by atoms with Gasteiger partial charge in [0.15, 0.2) is 0 Å². The maximum absolute atomic E-state index is 12.8. The van der Waals surface area contributed by atoms with E-state index in [1.807, 2.05) is 0 Å². The minimum atomic E-state index is -0.0776. The summed E-state index contributed by atoms with van der Waals surface area (Å²) in [5.74, 6) is 5.55. The number of fused-ring (bicyclic) bond motifs is 4. The highest BCUT2D eigenvalue weighted by Crippen LogP contribution is 2.70. The van der Waals surface area contributed by atoms with E-state index in [0.717, 1.165) is 36.7 Å². The second-order valence-electron chi connectivity index (χ2n) is 10.6. The average molecular weight is 331 g/mol. The Hall–Kier alpha value is -0.530. The van der Waals surface area contributed by atoms with Crippen molar-refractivity contribution in [1.82, 2.24) is 0 Å². The lowest BCUT2D eigenvalue weighted by Gasteiger charge is -2.62. The standard InChI is InChI=1S/C22H34O2/c1-13-8-9-21(3)15(10-13)4-6-17-18-7-5-16-12-24-20(23)22(16,18)11-14(2)19(17)21/h13-19H,4-12H2,1-3H3/t13-,14+,15+,16-,17+,18+,19+,21+,22+/m1/s1. The molecule has 0 bridgehead atoms. The molecule has 0 radical (unpaired) electrons. The lowest BCUT2D eigenvalue weighted by atomic mass is 9.42. The van der Waals surface area contributed by atoms with E-state index in [9.17, 15) is 4.79 Å². The van der Waals surface area contributed by atoms with Gasteiger partial charge in [-0.05, 0) is 85.9 Å². The van der Waals surface area contributed by atoms with E-state index in [0.29, 0.717) is 23.2 Å². The van der Waals surface area contributed by atoms with Crippen molar-refractivity contribution in [1.29, 1.82) is 0 Å². The predicted octanol–water partition coefficient (Wildman–Crippen LogP) is 5.06. The number of hydrogen-bond donors (Lipinski definition) is 0. The summed E-state index contributed by atoms with van der Waals surface area (Å²) in [5, 5.41) is 0. The molecule has 1 saturated heterocycles. The van der Waals surface area contributed by atoms with Gasteiger partial charge in [0.25, 0.3) is 0 Å². The van der Waals surface area contributed by atoms with Gasteiger partial charge in [0, 0.05) is 5.92 Å². The summed E-state index contributed by atoms with van der Waals surface area (Å²) in [4.78, 5) is 12.8. The van der Waals surface area contributed by atoms with Crippen LogP contribution in [0.3, 0.4) is 0 Å². The molecule has 5 fully saturated rings. The van der Waals surface area contributed by atoms with Crippen LogP contribution in [-0.2, 0) is 9.53 Å². The normalized spacial score (nSPS) is 59.1. The molecular formula is C22H34O2. The Labute approximate surface area is 147 Å². The maximum Gasteiger partial charge on any atom is 0.312 e. The van der Waals surface area contributed by atoms with Gasteiger partial charge in [-0.2, -0.15) is 0 Å². The second-order valence-corrected chi connectivity index (χ2v) is 10.6. The van der Waals surface area contributed by atoms with Crippen LogP contribution >= 0.6 is 0 Å². The molecule has 1 heterocycles. The van der Waals surface area contributed by atoms with Crippen LogP contribution < -0.4 is 0 Å². The van der Waals surface area contributed by atoms with Crippen LogP contribution in [0.2, 0.25) is 0 Å². The summed E-state index contributed by atoms with van der Waals surface area (Å²) in [5.41, 5.74) is 0.461. The summed E-state index contributed by atoms with van der Waals surface area (Å²) >= 11 is 0. The summed E-state index contributed by atoms with van der Waals surface area (Å²) < 4.78 is 5.62. The average Bonchev–Trinajstić information content (AvgIpc) is 3.05. The minimum absolute atomic E-state index is 0.0776. The largest absolute Gasteiger partial charge is 0.465 e. The first-order valence-electron chi connectivity index (χ1n) is 10.6. The van der Waals surface area contributed by atoms with Crippen molar-refractivity contribution in [2.24, 2.45) is 52.3 Å². The summed E-state index contributed by atoms with van der Waals surface area (Å²) in [7, 11) is 0. The van der Waals surface area contributed by atoms with Crippen LogP contribution in [0, 0.1) is 52.3 Å². The molecule has 9 atom stereocenters. The van der Waals surface area contributed by atoms with E-state index >= 15 is 0 Å². The van der Waals surface area contributed by atoms with Gasteiger partial charge >= 0.3 is 5.97 Å². The second kappa shape index (κ2) is 5.01. The molecule has 2 heteroatoms. The first kappa shape index (κ1) is 15.7. The molecule has 4 saturated carbocycles. The maximum atomic E-state index is 12.8. The van der Waals surface area contributed by atoms with Crippen molar-refractivity contribution in [3.8, 4) is 0 Å². The van der Waals surface area contributed by atoms with Gasteiger partial charge in [-0.25, -0.2) is 0 Å². The Kier molecular flexibility index (Phi) is 3.28. The molecule has 5 rings (SSSR count). The summed E-state index contributed by atoms with van der Waals surface area (Å²) in [6.07, 6.45) is 10.8. The highest BCUT2D eigenvalue weighted by Gasteiger charge is 2.68. The van der Waals surface area contributed by atoms with Crippen molar-refractivity contribution in [2.45, 2.75) is 72.1 Å². The highest BCUT2D eigenvalue weighted by atomic mass is 16.5. The molecule has 0 aromatic heterocycles. The number of rotatable bonds is 0. The molecule has 0 amide bonds. The predicted molar refractivity (Wildman–Crippen MR) is 94.2 cm³/mol. The van der Waals surface area contributed by atoms with Gasteiger partial charge in [0.2, 0.25) is 0 Å². The van der Waals surface area contributed by atoms with E-state index in [2.05, 4.69) is 20.8 Å². The quantitative estimate of drug-likeness (QED) is 0.580. The minimum Gasteiger partial charge on any atom is -0.465 e. The number of hydrogen-bond acceptors (Lipinski definition) is 2. The zero-order chi connectivity index (χ0) is 16.7. The first-order chi connectivity index (χ1) is 11.5. The topological polar surface area (TPSA) is 26.3 Å². The van der Waals surface area contributed by atoms with E-state index in [1.165, 1.54) is 44.9 Å². The molecule has 0 N–H and O–H groups in total. The van der Waals surface area contributed by atoms with Crippen LogP contribution in [0.15, 0.2) is 0 Å². The van der Waals surface area contributed by atoms with E-state index in [1.54, 1.807) is 0 Å². The molecule has 2 nitrogen and oxygen atoms in total. The number of cyclic esters (lactones) is 1. The zero-order valence-corrected chi connectivity index (χ0v) is 15.7. The lowest BCUT2D eigenvalue weighted by Crippen LogP contribution is -2.57. The van der Waals surface area contributed by atoms with Crippen molar-refractivity contribution in [2.75, 3.05) is 6.61 Å². The van der Waals surface area contributed by atoms with Crippen molar-refractivity contribution in [3.63, 3.8) is 0 Å². The lowest BCUT2D eigenvalue weighted by molar-refractivity contribution is -0.170. The van der Waals surface area contributed by atoms with Gasteiger partial charge in [-0.15, -0.1) is 0 Å². The van der Waals surface area contributed by atoms with Gasteiger partial charge in [0.1, 0.15) is 0 Å². The number of ether oxygens (including phenoxy) is 1. The smallest absolute Gasteiger partial charge is 0.312 e. The van der Waals surface area contributed by atoms with Gasteiger partial charge < -0.3 is 4.74 Å². The Morgan fingerprint density at radius 2 is 1.83 bits per heavy atom. The number of esters is 1. The third-order valence-corrected chi connectivity index (χ3v) is 9.67. The summed E-state index contributed by atoms with van der Waals surface area (Å²) in [6.45, 7) is 8.29. The number of carbonyl (C=O) groups excluding carboxylic acids is 1. The Morgan fingerprint density at radius 1 is 1.04 bits per heavy atom. The van der Waals surface area contributed by atoms with Gasteiger partial charge in [-0.1, -0.05) is 27.2 Å². The van der Waals surface area contributed by atoms with E-state index in [-0.39, 0.29) is 11.4 Å². The van der Waals surface area contributed by atoms with Gasteiger partial charge in [-0.3, -0.25) is 4.79 Å². The molecule has 0 unspecified atom stereocenters. The fourth-order valence-corrected chi connectivity index (χ4v) is 8.82. The SMILES string of the molecule is C[C@@H]1CC[C@@]2(C)[C@@H](CC[C@@H]3[C@@H]2[C@@H](C)C[C@]24C(=O)OC[C@H]2CC[C@@H]34)C1. The van der Waals surface area contributed by atoms with E-state index < -0.39 is 0 Å². The third kappa shape index (κ3) is 1.76. The molecular weight excluding hydrogens is 296 g/mol.